The number of rotatable bonds is 3. The molecule has 0 spiro atoms. The standard InChI is InChI=1S/C12H17N5O/c1-7-5-14-10(8(2)11(7)18-4)6-17-9(3)12(13)15-16-17/h5H,6,13H2,1-4H3. The molecular formula is C12H17N5O. The molecule has 2 aromatic rings. The van der Waals surface area contributed by atoms with Gasteiger partial charge in [-0.05, 0) is 20.8 Å². The third-order valence-corrected chi connectivity index (χ3v) is 3.07. The smallest absolute Gasteiger partial charge is 0.168 e. The molecule has 18 heavy (non-hydrogen) atoms. The highest BCUT2D eigenvalue weighted by Gasteiger charge is 2.12. The normalized spacial score (nSPS) is 10.7. The molecule has 0 aromatic carbocycles. The third kappa shape index (κ3) is 2.01. The second kappa shape index (κ2) is 4.64. The van der Waals surface area contributed by atoms with Gasteiger partial charge in [-0.25, -0.2) is 4.68 Å². The molecule has 6 nitrogen and oxygen atoms in total. The first-order valence-corrected chi connectivity index (χ1v) is 5.69. The molecule has 2 aromatic heterocycles. The van der Waals surface area contributed by atoms with E-state index >= 15 is 0 Å². The summed E-state index contributed by atoms with van der Waals surface area (Å²) in [5.41, 5.74) is 9.47. The summed E-state index contributed by atoms with van der Waals surface area (Å²) >= 11 is 0. The zero-order chi connectivity index (χ0) is 13.3. The number of anilines is 1. The minimum Gasteiger partial charge on any atom is -0.496 e. The van der Waals surface area contributed by atoms with E-state index in [2.05, 4.69) is 15.3 Å². The van der Waals surface area contributed by atoms with Gasteiger partial charge in [0.2, 0.25) is 0 Å². The van der Waals surface area contributed by atoms with Gasteiger partial charge in [0.15, 0.2) is 5.82 Å². The fraction of sp³-hybridized carbons (Fsp3) is 0.417. The Kier molecular flexibility index (Phi) is 3.18. The summed E-state index contributed by atoms with van der Waals surface area (Å²) in [6, 6.07) is 0. The van der Waals surface area contributed by atoms with Gasteiger partial charge in [-0.15, -0.1) is 5.10 Å². The van der Waals surface area contributed by atoms with Gasteiger partial charge in [0, 0.05) is 17.3 Å². The lowest BCUT2D eigenvalue weighted by Gasteiger charge is -2.12. The quantitative estimate of drug-likeness (QED) is 0.882. The summed E-state index contributed by atoms with van der Waals surface area (Å²) in [7, 11) is 1.66. The Morgan fingerprint density at radius 1 is 1.33 bits per heavy atom. The summed E-state index contributed by atoms with van der Waals surface area (Å²) in [5.74, 6) is 1.32. The van der Waals surface area contributed by atoms with Crippen molar-refractivity contribution in [2.45, 2.75) is 27.3 Å². The largest absolute Gasteiger partial charge is 0.496 e. The number of nitrogens with zero attached hydrogens (tertiary/aromatic N) is 4. The van der Waals surface area contributed by atoms with Crippen LogP contribution in [-0.4, -0.2) is 27.1 Å². The minimum absolute atomic E-state index is 0.451. The van der Waals surface area contributed by atoms with Crippen LogP contribution >= 0.6 is 0 Å². The number of nitrogens with two attached hydrogens (primary N) is 1. The SMILES string of the molecule is COc1c(C)cnc(Cn2nnc(N)c2C)c1C. The molecule has 96 valence electrons. The molecule has 6 heteroatoms. The predicted molar refractivity (Wildman–Crippen MR) is 68.5 cm³/mol. The molecular weight excluding hydrogens is 230 g/mol. The minimum atomic E-state index is 0.451. The number of nitrogen functional groups attached to an aromatic ring is 1. The van der Waals surface area contributed by atoms with Crippen LogP contribution < -0.4 is 10.5 Å². The number of hydrogen-bond acceptors (Lipinski definition) is 5. The van der Waals surface area contributed by atoms with Crippen molar-refractivity contribution in [3.8, 4) is 5.75 Å². The maximum atomic E-state index is 5.67. The van der Waals surface area contributed by atoms with Crippen molar-refractivity contribution in [3.63, 3.8) is 0 Å². The van der Waals surface area contributed by atoms with Crippen LogP contribution in [0.25, 0.3) is 0 Å². The van der Waals surface area contributed by atoms with Crippen LogP contribution in [0.1, 0.15) is 22.5 Å². The van der Waals surface area contributed by atoms with Gasteiger partial charge in [-0.2, -0.15) is 0 Å². The molecule has 2 rings (SSSR count). The monoisotopic (exact) mass is 247 g/mol. The van der Waals surface area contributed by atoms with Gasteiger partial charge < -0.3 is 10.5 Å². The Balaban J connectivity index is 2.38. The molecule has 0 saturated carbocycles. The Labute approximate surface area is 106 Å². The fourth-order valence-electron chi connectivity index (χ4n) is 1.90. The van der Waals surface area contributed by atoms with Crippen molar-refractivity contribution >= 4 is 5.82 Å². The summed E-state index contributed by atoms with van der Waals surface area (Å²) < 4.78 is 7.12. The molecule has 0 saturated heterocycles. The van der Waals surface area contributed by atoms with Gasteiger partial charge in [-0.3, -0.25) is 4.98 Å². The van der Waals surface area contributed by atoms with Crippen molar-refractivity contribution in [1.82, 2.24) is 20.0 Å². The molecule has 0 aliphatic carbocycles. The first-order valence-electron chi connectivity index (χ1n) is 5.69. The van der Waals surface area contributed by atoms with E-state index in [9.17, 15) is 0 Å². The van der Waals surface area contributed by atoms with Crippen LogP contribution in [0.3, 0.4) is 0 Å². The van der Waals surface area contributed by atoms with E-state index in [1.54, 1.807) is 18.0 Å². The average Bonchev–Trinajstić information content (AvgIpc) is 2.65. The second-order valence-electron chi connectivity index (χ2n) is 4.26. The summed E-state index contributed by atoms with van der Waals surface area (Å²) in [4.78, 5) is 4.42. The van der Waals surface area contributed by atoms with Crippen molar-refractivity contribution in [2.24, 2.45) is 0 Å². The molecule has 0 radical (unpaired) electrons. The van der Waals surface area contributed by atoms with Crippen LogP contribution in [0.4, 0.5) is 5.82 Å². The topological polar surface area (TPSA) is 78.8 Å². The summed E-state index contributed by atoms with van der Waals surface area (Å²) in [5, 5.41) is 7.82. The molecule has 0 unspecified atom stereocenters. The molecule has 2 heterocycles. The van der Waals surface area contributed by atoms with Gasteiger partial charge in [0.25, 0.3) is 0 Å². The van der Waals surface area contributed by atoms with Crippen molar-refractivity contribution in [2.75, 3.05) is 12.8 Å². The fourth-order valence-corrected chi connectivity index (χ4v) is 1.90. The Hall–Kier alpha value is -2.11. The average molecular weight is 247 g/mol. The van der Waals surface area contributed by atoms with Crippen molar-refractivity contribution < 1.29 is 4.74 Å². The van der Waals surface area contributed by atoms with E-state index in [1.165, 1.54) is 0 Å². The van der Waals surface area contributed by atoms with Crippen LogP contribution in [0.5, 0.6) is 5.75 Å². The number of ether oxygens (including phenoxy) is 1. The lowest BCUT2D eigenvalue weighted by atomic mass is 10.1. The first-order chi connectivity index (χ1) is 8.54. The van der Waals surface area contributed by atoms with Gasteiger partial charge in [-0.1, -0.05) is 5.21 Å². The highest BCUT2D eigenvalue weighted by atomic mass is 16.5. The lowest BCUT2D eigenvalue weighted by Crippen LogP contribution is -2.09. The van der Waals surface area contributed by atoms with E-state index in [4.69, 9.17) is 10.5 Å². The van der Waals surface area contributed by atoms with Crippen LogP contribution in [-0.2, 0) is 6.54 Å². The number of methoxy groups -OCH3 is 1. The van der Waals surface area contributed by atoms with Gasteiger partial charge in [0.05, 0.1) is 25.0 Å². The molecule has 0 amide bonds. The highest BCUT2D eigenvalue weighted by Crippen LogP contribution is 2.24. The summed E-state index contributed by atoms with van der Waals surface area (Å²) in [6.07, 6.45) is 1.80. The lowest BCUT2D eigenvalue weighted by molar-refractivity contribution is 0.406. The maximum absolute atomic E-state index is 5.67. The van der Waals surface area contributed by atoms with Crippen LogP contribution in [0.2, 0.25) is 0 Å². The van der Waals surface area contributed by atoms with Crippen molar-refractivity contribution in [3.05, 3.63) is 28.7 Å². The van der Waals surface area contributed by atoms with Gasteiger partial charge >= 0.3 is 0 Å². The zero-order valence-corrected chi connectivity index (χ0v) is 11.1. The highest BCUT2D eigenvalue weighted by molar-refractivity contribution is 5.41. The third-order valence-electron chi connectivity index (χ3n) is 3.07. The van der Waals surface area contributed by atoms with E-state index in [0.717, 1.165) is 28.3 Å². The van der Waals surface area contributed by atoms with E-state index in [1.807, 2.05) is 20.8 Å². The number of aromatic nitrogens is 4. The molecule has 0 fully saturated rings. The Morgan fingerprint density at radius 3 is 2.61 bits per heavy atom. The number of pyridine rings is 1. The van der Waals surface area contributed by atoms with E-state index in [0.29, 0.717) is 12.4 Å². The van der Waals surface area contributed by atoms with Crippen LogP contribution in [0, 0.1) is 20.8 Å². The maximum Gasteiger partial charge on any atom is 0.168 e. The molecule has 0 atom stereocenters. The van der Waals surface area contributed by atoms with Crippen molar-refractivity contribution in [1.29, 1.82) is 0 Å². The molecule has 0 aliphatic heterocycles. The number of aryl methyl sites for hydroxylation is 1. The van der Waals surface area contributed by atoms with Crippen LogP contribution in [0.15, 0.2) is 6.20 Å². The Bertz CT molecular complexity index is 576. The van der Waals surface area contributed by atoms with E-state index < -0.39 is 0 Å². The molecule has 0 bridgehead atoms. The Morgan fingerprint density at radius 2 is 2.06 bits per heavy atom. The molecule has 0 aliphatic rings. The predicted octanol–water partition coefficient (Wildman–Crippen LogP) is 1.24. The second-order valence-corrected chi connectivity index (χ2v) is 4.26. The zero-order valence-electron chi connectivity index (χ0n) is 11.1. The van der Waals surface area contributed by atoms with E-state index in [-0.39, 0.29) is 0 Å². The summed E-state index contributed by atoms with van der Waals surface area (Å²) in [6.45, 7) is 6.39. The molecule has 2 N–H and O–H groups in total. The number of hydrogen-bond donors (Lipinski definition) is 1. The van der Waals surface area contributed by atoms with Gasteiger partial charge in [0.1, 0.15) is 5.75 Å². The first kappa shape index (κ1) is 12.3.